The SMILES string of the molecule is CC1(NC2=NC3CCCC3CS2)CCCCC1. The molecule has 1 aliphatic heterocycles. The zero-order valence-corrected chi connectivity index (χ0v) is 11.7. The quantitative estimate of drug-likeness (QED) is 0.771. The molecule has 0 aromatic rings. The Labute approximate surface area is 109 Å². The van der Waals surface area contributed by atoms with Gasteiger partial charge >= 0.3 is 0 Å². The van der Waals surface area contributed by atoms with Gasteiger partial charge in [-0.2, -0.15) is 0 Å². The lowest BCUT2D eigenvalue weighted by Gasteiger charge is -2.37. The molecule has 0 amide bonds. The summed E-state index contributed by atoms with van der Waals surface area (Å²) in [5.41, 5.74) is 0.329. The smallest absolute Gasteiger partial charge is 0.157 e. The standard InChI is InChI=1S/C14H24N2S/c1-14(8-3-2-4-9-14)16-13-15-12-7-5-6-11(12)10-17-13/h11-12H,2-10H2,1H3,(H,15,16). The highest BCUT2D eigenvalue weighted by Gasteiger charge is 2.34. The summed E-state index contributed by atoms with van der Waals surface area (Å²) in [6.07, 6.45) is 11.0. The Bertz CT molecular complexity index is 307. The summed E-state index contributed by atoms with van der Waals surface area (Å²) >= 11 is 1.97. The molecule has 1 heterocycles. The Kier molecular flexibility index (Phi) is 3.38. The molecular weight excluding hydrogens is 228 g/mol. The third kappa shape index (κ3) is 2.64. The molecule has 0 saturated heterocycles. The second-order valence-electron chi connectivity index (χ2n) is 6.25. The maximum Gasteiger partial charge on any atom is 0.157 e. The zero-order chi connectivity index (χ0) is 11.7. The van der Waals surface area contributed by atoms with E-state index in [0.717, 1.165) is 5.92 Å². The van der Waals surface area contributed by atoms with Crippen LogP contribution in [0.4, 0.5) is 0 Å². The highest BCUT2D eigenvalue weighted by Crippen LogP contribution is 2.36. The number of hydrogen-bond acceptors (Lipinski definition) is 3. The van der Waals surface area contributed by atoms with Gasteiger partial charge in [-0.1, -0.05) is 37.4 Å². The molecule has 2 atom stereocenters. The van der Waals surface area contributed by atoms with Crippen LogP contribution >= 0.6 is 11.8 Å². The van der Waals surface area contributed by atoms with E-state index in [-0.39, 0.29) is 0 Å². The van der Waals surface area contributed by atoms with Gasteiger partial charge < -0.3 is 5.32 Å². The average Bonchev–Trinajstić information content (AvgIpc) is 2.76. The van der Waals surface area contributed by atoms with Crippen molar-refractivity contribution < 1.29 is 0 Å². The summed E-state index contributed by atoms with van der Waals surface area (Å²) in [4.78, 5) is 4.95. The fraction of sp³-hybridized carbons (Fsp3) is 0.929. The Morgan fingerprint density at radius 1 is 1.18 bits per heavy atom. The van der Waals surface area contributed by atoms with Gasteiger partial charge in [-0.15, -0.1) is 0 Å². The number of hydrogen-bond donors (Lipinski definition) is 1. The van der Waals surface area contributed by atoms with E-state index < -0.39 is 0 Å². The van der Waals surface area contributed by atoms with E-state index in [0.29, 0.717) is 11.6 Å². The number of fused-ring (bicyclic) bond motifs is 1. The molecule has 3 heteroatoms. The van der Waals surface area contributed by atoms with Crippen molar-refractivity contribution in [2.24, 2.45) is 10.9 Å². The normalized spacial score (nSPS) is 36.2. The summed E-state index contributed by atoms with van der Waals surface area (Å²) in [6.45, 7) is 2.38. The summed E-state index contributed by atoms with van der Waals surface area (Å²) < 4.78 is 0. The van der Waals surface area contributed by atoms with Gasteiger partial charge in [0.15, 0.2) is 5.17 Å². The molecule has 0 aromatic carbocycles. The number of nitrogens with zero attached hydrogens (tertiary/aromatic N) is 1. The molecule has 2 aliphatic carbocycles. The van der Waals surface area contributed by atoms with Crippen LogP contribution in [0, 0.1) is 5.92 Å². The van der Waals surface area contributed by atoms with Crippen LogP contribution in [0.2, 0.25) is 0 Å². The second kappa shape index (κ2) is 4.83. The Balaban J connectivity index is 1.64. The zero-order valence-electron chi connectivity index (χ0n) is 10.9. The van der Waals surface area contributed by atoms with Crippen molar-refractivity contribution in [3.8, 4) is 0 Å². The van der Waals surface area contributed by atoms with Gasteiger partial charge in [-0.25, -0.2) is 0 Å². The first-order valence-corrected chi connectivity index (χ1v) is 8.23. The molecule has 0 bridgehead atoms. The summed E-state index contributed by atoms with van der Waals surface area (Å²) in [5, 5.41) is 5.01. The Hall–Kier alpha value is -0.180. The topological polar surface area (TPSA) is 24.4 Å². The van der Waals surface area contributed by atoms with Gasteiger partial charge in [0, 0.05) is 11.3 Å². The van der Waals surface area contributed by atoms with Gasteiger partial charge in [0.2, 0.25) is 0 Å². The van der Waals surface area contributed by atoms with E-state index in [1.807, 2.05) is 11.8 Å². The highest BCUT2D eigenvalue weighted by atomic mass is 32.2. The van der Waals surface area contributed by atoms with Crippen molar-refractivity contribution in [2.75, 3.05) is 5.75 Å². The minimum atomic E-state index is 0.329. The summed E-state index contributed by atoms with van der Waals surface area (Å²) in [5.74, 6) is 2.18. The molecule has 17 heavy (non-hydrogen) atoms. The lowest BCUT2D eigenvalue weighted by molar-refractivity contribution is 0.291. The fourth-order valence-corrected chi connectivity index (χ4v) is 4.83. The maximum atomic E-state index is 4.95. The van der Waals surface area contributed by atoms with Crippen LogP contribution in [-0.2, 0) is 0 Å². The lowest BCUT2D eigenvalue weighted by Crippen LogP contribution is -2.47. The van der Waals surface area contributed by atoms with E-state index in [9.17, 15) is 0 Å². The molecule has 1 N–H and O–H groups in total. The van der Waals surface area contributed by atoms with Crippen molar-refractivity contribution in [1.29, 1.82) is 0 Å². The molecule has 96 valence electrons. The molecule has 3 aliphatic rings. The van der Waals surface area contributed by atoms with Gasteiger partial charge in [0.25, 0.3) is 0 Å². The number of amidine groups is 1. The molecule has 3 rings (SSSR count). The predicted molar refractivity (Wildman–Crippen MR) is 75.6 cm³/mol. The molecule has 2 unspecified atom stereocenters. The molecule has 2 nitrogen and oxygen atoms in total. The highest BCUT2D eigenvalue weighted by molar-refractivity contribution is 8.13. The molecule has 2 fully saturated rings. The van der Waals surface area contributed by atoms with Crippen LogP contribution in [0.15, 0.2) is 4.99 Å². The average molecular weight is 252 g/mol. The summed E-state index contributed by atoms with van der Waals surface area (Å²) in [7, 11) is 0. The molecule has 0 aromatic heterocycles. The van der Waals surface area contributed by atoms with Crippen LogP contribution in [0.25, 0.3) is 0 Å². The van der Waals surface area contributed by atoms with Crippen molar-refractivity contribution >= 4 is 16.9 Å². The Morgan fingerprint density at radius 2 is 2.00 bits per heavy atom. The van der Waals surface area contributed by atoms with Crippen molar-refractivity contribution in [1.82, 2.24) is 5.32 Å². The predicted octanol–water partition coefficient (Wildman–Crippen LogP) is 3.57. The van der Waals surface area contributed by atoms with Gasteiger partial charge in [0.1, 0.15) is 0 Å². The monoisotopic (exact) mass is 252 g/mol. The number of nitrogens with one attached hydrogen (secondary N) is 1. The fourth-order valence-electron chi connectivity index (χ4n) is 3.54. The molecule has 0 spiro atoms. The van der Waals surface area contributed by atoms with E-state index in [1.165, 1.54) is 62.3 Å². The first kappa shape index (κ1) is 11.9. The number of rotatable bonds is 1. The van der Waals surface area contributed by atoms with Gasteiger partial charge in [-0.3, -0.25) is 4.99 Å². The van der Waals surface area contributed by atoms with Gasteiger partial charge in [-0.05, 0) is 38.5 Å². The van der Waals surface area contributed by atoms with Gasteiger partial charge in [0.05, 0.1) is 6.04 Å². The van der Waals surface area contributed by atoms with Crippen LogP contribution in [0.1, 0.15) is 58.3 Å². The molecule has 0 radical (unpaired) electrons. The third-order valence-electron chi connectivity index (χ3n) is 4.70. The maximum absolute atomic E-state index is 4.95. The van der Waals surface area contributed by atoms with Crippen LogP contribution < -0.4 is 5.32 Å². The molecular formula is C14H24N2S. The van der Waals surface area contributed by atoms with Crippen molar-refractivity contribution in [3.05, 3.63) is 0 Å². The second-order valence-corrected chi connectivity index (χ2v) is 7.26. The van der Waals surface area contributed by atoms with Crippen molar-refractivity contribution in [3.63, 3.8) is 0 Å². The first-order valence-electron chi connectivity index (χ1n) is 7.24. The van der Waals surface area contributed by atoms with E-state index >= 15 is 0 Å². The lowest BCUT2D eigenvalue weighted by atomic mass is 9.83. The van der Waals surface area contributed by atoms with E-state index in [2.05, 4.69) is 12.2 Å². The summed E-state index contributed by atoms with van der Waals surface area (Å²) in [6, 6.07) is 0.644. The Morgan fingerprint density at radius 3 is 2.82 bits per heavy atom. The van der Waals surface area contributed by atoms with Crippen LogP contribution in [0.3, 0.4) is 0 Å². The molecule has 2 saturated carbocycles. The van der Waals surface area contributed by atoms with Crippen LogP contribution in [-0.4, -0.2) is 22.5 Å². The van der Waals surface area contributed by atoms with Crippen LogP contribution in [0.5, 0.6) is 0 Å². The van der Waals surface area contributed by atoms with Crippen molar-refractivity contribution in [2.45, 2.75) is 69.9 Å². The van der Waals surface area contributed by atoms with E-state index in [1.54, 1.807) is 0 Å². The first-order chi connectivity index (χ1) is 8.25. The minimum absolute atomic E-state index is 0.329. The largest absolute Gasteiger partial charge is 0.360 e. The number of thioether (sulfide) groups is 1. The minimum Gasteiger partial charge on any atom is -0.360 e. The number of aliphatic imine (C=N–C) groups is 1. The van der Waals surface area contributed by atoms with E-state index in [4.69, 9.17) is 4.99 Å². The third-order valence-corrected chi connectivity index (χ3v) is 5.78.